The minimum absolute atomic E-state index is 0.0201. The summed E-state index contributed by atoms with van der Waals surface area (Å²) in [7, 11) is 1.68. The standard InChI is InChI=1S/C13H13FN4O3/c1-18-6-7(5-16-18)11(15)12(19)17-10-3-2-8(14)4-9(10)13(20)21/h2-6,11H,15H2,1H3,(H,17,19)(H,20,21). The van der Waals surface area contributed by atoms with Gasteiger partial charge in [0.15, 0.2) is 0 Å². The number of hydrogen-bond donors (Lipinski definition) is 3. The number of nitrogens with one attached hydrogen (secondary N) is 1. The lowest BCUT2D eigenvalue weighted by Crippen LogP contribution is -2.28. The van der Waals surface area contributed by atoms with Crippen LogP contribution in [0.15, 0.2) is 30.6 Å². The molecule has 0 radical (unpaired) electrons. The molecule has 1 unspecified atom stereocenters. The Morgan fingerprint density at radius 3 is 2.76 bits per heavy atom. The highest BCUT2D eigenvalue weighted by Crippen LogP contribution is 2.19. The maximum Gasteiger partial charge on any atom is 0.337 e. The minimum atomic E-state index is -1.35. The minimum Gasteiger partial charge on any atom is -0.478 e. The zero-order valence-electron chi connectivity index (χ0n) is 11.1. The number of nitrogens with zero attached hydrogens (tertiary/aromatic N) is 2. The fourth-order valence-corrected chi connectivity index (χ4v) is 1.77. The maximum atomic E-state index is 13.1. The van der Waals surface area contributed by atoms with Crippen molar-refractivity contribution in [3.8, 4) is 0 Å². The van der Waals surface area contributed by atoms with Crippen molar-refractivity contribution in [2.45, 2.75) is 6.04 Å². The number of rotatable bonds is 4. The first-order valence-corrected chi connectivity index (χ1v) is 5.96. The average Bonchev–Trinajstić information content (AvgIpc) is 2.86. The van der Waals surface area contributed by atoms with Crippen molar-refractivity contribution < 1.29 is 19.1 Å². The Hall–Kier alpha value is -2.74. The molecule has 0 aliphatic carbocycles. The molecule has 2 rings (SSSR count). The normalized spacial score (nSPS) is 12.0. The number of nitrogens with two attached hydrogens (primary N) is 1. The molecule has 0 saturated heterocycles. The number of aryl methyl sites for hydroxylation is 1. The smallest absolute Gasteiger partial charge is 0.337 e. The molecule has 8 heteroatoms. The van der Waals surface area contributed by atoms with Crippen LogP contribution in [0.1, 0.15) is 22.0 Å². The van der Waals surface area contributed by atoms with Crippen LogP contribution in [0, 0.1) is 5.82 Å². The third-order valence-corrected chi connectivity index (χ3v) is 2.84. The molecule has 21 heavy (non-hydrogen) atoms. The lowest BCUT2D eigenvalue weighted by atomic mass is 10.1. The number of carboxylic acids is 1. The molecule has 0 bridgehead atoms. The molecule has 0 spiro atoms. The van der Waals surface area contributed by atoms with Gasteiger partial charge in [0.1, 0.15) is 11.9 Å². The van der Waals surface area contributed by atoms with E-state index in [9.17, 15) is 14.0 Å². The molecule has 0 fully saturated rings. The molecule has 4 N–H and O–H groups in total. The third-order valence-electron chi connectivity index (χ3n) is 2.84. The summed E-state index contributed by atoms with van der Waals surface area (Å²) >= 11 is 0. The van der Waals surface area contributed by atoms with Crippen molar-refractivity contribution in [2.24, 2.45) is 12.8 Å². The van der Waals surface area contributed by atoms with Crippen LogP contribution in [0.4, 0.5) is 10.1 Å². The van der Waals surface area contributed by atoms with Crippen molar-refractivity contribution >= 4 is 17.6 Å². The number of benzene rings is 1. The Morgan fingerprint density at radius 2 is 2.19 bits per heavy atom. The summed E-state index contributed by atoms with van der Waals surface area (Å²) < 4.78 is 14.5. The number of halogens is 1. The van der Waals surface area contributed by atoms with Gasteiger partial charge in [0.05, 0.1) is 17.4 Å². The highest BCUT2D eigenvalue weighted by molar-refractivity contribution is 6.02. The van der Waals surface area contributed by atoms with Crippen molar-refractivity contribution in [1.82, 2.24) is 9.78 Å². The van der Waals surface area contributed by atoms with E-state index in [1.165, 1.54) is 16.9 Å². The summed E-state index contributed by atoms with van der Waals surface area (Å²) in [6.07, 6.45) is 3.01. The zero-order chi connectivity index (χ0) is 15.6. The number of carboxylic acid groups (broad SMARTS) is 1. The van der Waals surface area contributed by atoms with E-state index in [1.807, 2.05) is 0 Å². The Kier molecular flexibility index (Phi) is 3.99. The number of anilines is 1. The Bertz CT molecular complexity index is 698. The molecule has 1 amide bonds. The number of carbonyl (C=O) groups is 2. The van der Waals surface area contributed by atoms with Gasteiger partial charge in [0.25, 0.3) is 0 Å². The van der Waals surface area contributed by atoms with E-state index in [4.69, 9.17) is 10.8 Å². The molecule has 110 valence electrons. The highest BCUT2D eigenvalue weighted by atomic mass is 19.1. The van der Waals surface area contributed by atoms with E-state index in [0.29, 0.717) is 5.56 Å². The van der Waals surface area contributed by atoms with Gasteiger partial charge in [-0.25, -0.2) is 9.18 Å². The van der Waals surface area contributed by atoms with Crippen LogP contribution in [-0.2, 0) is 11.8 Å². The number of carbonyl (C=O) groups excluding carboxylic acids is 1. The van der Waals surface area contributed by atoms with Crippen LogP contribution >= 0.6 is 0 Å². The first-order chi connectivity index (χ1) is 9.88. The van der Waals surface area contributed by atoms with Crippen LogP contribution in [0.5, 0.6) is 0 Å². The summed E-state index contributed by atoms with van der Waals surface area (Å²) in [6.45, 7) is 0. The van der Waals surface area contributed by atoms with Crippen LogP contribution in [0.25, 0.3) is 0 Å². The molecule has 1 heterocycles. The van der Waals surface area contributed by atoms with E-state index in [0.717, 1.165) is 12.1 Å². The molecule has 1 aromatic heterocycles. The second-order valence-electron chi connectivity index (χ2n) is 4.41. The Morgan fingerprint density at radius 1 is 1.48 bits per heavy atom. The monoisotopic (exact) mass is 292 g/mol. The summed E-state index contributed by atoms with van der Waals surface area (Å²) in [5.41, 5.74) is 5.88. The number of aromatic carboxylic acids is 1. The van der Waals surface area contributed by atoms with Crippen molar-refractivity contribution in [3.63, 3.8) is 0 Å². The molecule has 0 aliphatic heterocycles. The topological polar surface area (TPSA) is 110 Å². The second-order valence-corrected chi connectivity index (χ2v) is 4.41. The zero-order valence-corrected chi connectivity index (χ0v) is 11.1. The van der Waals surface area contributed by atoms with Gasteiger partial charge in [-0.3, -0.25) is 9.48 Å². The van der Waals surface area contributed by atoms with Gasteiger partial charge < -0.3 is 16.2 Å². The fourth-order valence-electron chi connectivity index (χ4n) is 1.77. The Balaban J connectivity index is 2.22. The van der Waals surface area contributed by atoms with Crippen LogP contribution < -0.4 is 11.1 Å². The van der Waals surface area contributed by atoms with Crippen molar-refractivity contribution in [3.05, 3.63) is 47.5 Å². The van der Waals surface area contributed by atoms with Gasteiger partial charge in [-0.2, -0.15) is 5.10 Å². The number of amides is 1. The van der Waals surface area contributed by atoms with Gasteiger partial charge >= 0.3 is 5.97 Å². The summed E-state index contributed by atoms with van der Waals surface area (Å²) in [4.78, 5) is 23.1. The van der Waals surface area contributed by atoms with Crippen molar-refractivity contribution in [2.75, 3.05) is 5.32 Å². The highest BCUT2D eigenvalue weighted by Gasteiger charge is 2.20. The molecular formula is C13H13FN4O3. The molecule has 0 saturated carbocycles. The maximum absolute atomic E-state index is 13.1. The molecular weight excluding hydrogens is 279 g/mol. The number of hydrogen-bond acceptors (Lipinski definition) is 4. The van der Waals surface area contributed by atoms with E-state index < -0.39 is 23.7 Å². The Labute approximate surface area is 119 Å². The van der Waals surface area contributed by atoms with E-state index >= 15 is 0 Å². The average molecular weight is 292 g/mol. The molecule has 7 nitrogen and oxygen atoms in total. The molecule has 0 aliphatic rings. The number of aromatic nitrogens is 2. The van der Waals surface area contributed by atoms with Gasteiger partial charge in [-0.05, 0) is 18.2 Å². The second kappa shape index (κ2) is 5.71. The molecule has 2 aromatic rings. The largest absolute Gasteiger partial charge is 0.478 e. The first-order valence-electron chi connectivity index (χ1n) is 5.96. The van der Waals surface area contributed by atoms with Crippen LogP contribution in [-0.4, -0.2) is 26.8 Å². The third kappa shape index (κ3) is 3.23. The van der Waals surface area contributed by atoms with E-state index in [2.05, 4.69) is 10.4 Å². The fraction of sp³-hybridized carbons (Fsp3) is 0.154. The van der Waals surface area contributed by atoms with E-state index in [1.54, 1.807) is 13.2 Å². The van der Waals surface area contributed by atoms with Crippen LogP contribution in [0.2, 0.25) is 0 Å². The quantitative estimate of drug-likeness (QED) is 0.775. The summed E-state index contributed by atoms with van der Waals surface area (Å²) in [5.74, 6) is -2.67. The SMILES string of the molecule is Cn1cc(C(N)C(=O)Nc2ccc(F)cc2C(=O)O)cn1. The lowest BCUT2D eigenvalue weighted by Gasteiger charge is -2.12. The van der Waals surface area contributed by atoms with Gasteiger partial charge in [-0.15, -0.1) is 0 Å². The van der Waals surface area contributed by atoms with Gasteiger partial charge in [0, 0.05) is 18.8 Å². The summed E-state index contributed by atoms with van der Waals surface area (Å²) in [6, 6.07) is 2.04. The van der Waals surface area contributed by atoms with Gasteiger partial charge in [0.2, 0.25) is 5.91 Å². The molecule has 1 aromatic carbocycles. The van der Waals surface area contributed by atoms with Crippen LogP contribution in [0.3, 0.4) is 0 Å². The predicted octanol–water partition coefficient (Wildman–Crippen LogP) is 0.896. The van der Waals surface area contributed by atoms with Gasteiger partial charge in [-0.1, -0.05) is 0 Å². The van der Waals surface area contributed by atoms with E-state index in [-0.39, 0.29) is 11.3 Å². The molecule has 1 atom stereocenters. The predicted molar refractivity (Wildman–Crippen MR) is 72.1 cm³/mol. The first kappa shape index (κ1) is 14.7. The summed E-state index contributed by atoms with van der Waals surface area (Å²) in [5, 5.41) is 15.3. The van der Waals surface area contributed by atoms with Crippen molar-refractivity contribution in [1.29, 1.82) is 0 Å². The lowest BCUT2D eigenvalue weighted by molar-refractivity contribution is -0.117.